The van der Waals surface area contributed by atoms with Gasteiger partial charge in [-0.3, -0.25) is 4.79 Å². The van der Waals surface area contributed by atoms with Gasteiger partial charge in [0.15, 0.2) is 0 Å². The van der Waals surface area contributed by atoms with Gasteiger partial charge in [0.05, 0.1) is 7.11 Å². The first kappa shape index (κ1) is 18.5. The van der Waals surface area contributed by atoms with E-state index in [1.54, 1.807) is 31.4 Å². The van der Waals surface area contributed by atoms with Crippen LogP contribution in [-0.2, 0) is 17.6 Å². The van der Waals surface area contributed by atoms with Gasteiger partial charge < -0.3 is 14.2 Å². The van der Waals surface area contributed by atoms with Crippen LogP contribution in [0.3, 0.4) is 0 Å². The molecule has 148 valence electrons. The largest absolute Gasteiger partial charge is 0.497 e. The molecular weight excluding hydrogens is 364 g/mol. The standard InChI is InChI=1S/C20H22N2O6/c1-26-13-8-10-14(11-9-13)28-20(25)21-16-6-4-5-15(16)18(23)22(19(21)24)17-7-2-3-12-27-17/h8-11,17H,2-7,12H2,1H3. The molecule has 4 rings (SSSR count). The predicted octanol–water partition coefficient (Wildman–Crippen LogP) is 2.25. The summed E-state index contributed by atoms with van der Waals surface area (Å²) in [7, 11) is 1.54. The van der Waals surface area contributed by atoms with Gasteiger partial charge in [0.25, 0.3) is 5.56 Å². The Morgan fingerprint density at radius 2 is 1.82 bits per heavy atom. The summed E-state index contributed by atoms with van der Waals surface area (Å²) in [6.45, 7) is 0.490. The number of hydrogen-bond donors (Lipinski definition) is 0. The third kappa shape index (κ3) is 3.24. The van der Waals surface area contributed by atoms with Gasteiger partial charge in [0, 0.05) is 17.9 Å². The second-order valence-electron chi connectivity index (χ2n) is 6.94. The molecule has 2 heterocycles. The Hall–Kier alpha value is -2.87. The quantitative estimate of drug-likeness (QED) is 0.804. The Balaban J connectivity index is 1.75. The number of rotatable bonds is 3. The summed E-state index contributed by atoms with van der Waals surface area (Å²) < 4.78 is 18.2. The van der Waals surface area contributed by atoms with Crippen LogP contribution >= 0.6 is 0 Å². The lowest BCUT2D eigenvalue weighted by atomic mass is 10.2. The highest BCUT2D eigenvalue weighted by atomic mass is 16.6. The number of aromatic nitrogens is 2. The van der Waals surface area contributed by atoms with Gasteiger partial charge in [0.2, 0.25) is 0 Å². The van der Waals surface area contributed by atoms with Crippen molar-refractivity contribution < 1.29 is 19.0 Å². The molecule has 1 aliphatic heterocycles. The molecule has 0 amide bonds. The number of nitrogens with zero attached hydrogens (tertiary/aromatic N) is 2. The molecule has 8 heteroatoms. The molecule has 0 bridgehead atoms. The fraction of sp³-hybridized carbons (Fsp3) is 0.450. The van der Waals surface area contributed by atoms with Crippen LogP contribution in [0.25, 0.3) is 0 Å². The number of hydrogen-bond acceptors (Lipinski definition) is 6. The van der Waals surface area contributed by atoms with Crippen molar-refractivity contribution in [3.63, 3.8) is 0 Å². The van der Waals surface area contributed by atoms with E-state index in [0.29, 0.717) is 42.9 Å². The average Bonchev–Trinajstić information content (AvgIpc) is 3.19. The molecule has 1 aromatic heterocycles. The van der Waals surface area contributed by atoms with Crippen molar-refractivity contribution in [3.8, 4) is 11.5 Å². The molecule has 1 atom stereocenters. The van der Waals surface area contributed by atoms with Crippen molar-refractivity contribution in [2.75, 3.05) is 13.7 Å². The number of ether oxygens (including phenoxy) is 3. The van der Waals surface area contributed by atoms with Crippen LogP contribution in [0.15, 0.2) is 33.9 Å². The van der Waals surface area contributed by atoms with Gasteiger partial charge in [-0.25, -0.2) is 14.2 Å². The van der Waals surface area contributed by atoms with Crippen LogP contribution in [0.1, 0.15) is 43.2 Å². The summed E-state index contributed by atoms with van der Waals surface area (Å²) in [6, 6.07) is 6.49. The van der Waals surface area contributed by atoms with Gasteiger partial charge in [-0.1, -0.05) is 0 Å². The van der Waals surface area contributed by atoms with Gasteiger partial charge in [-0.05, 0) is 62.8 Å². The molecule has 1 fully saturated rings. The lowest BCUT2D eigenvalue weighted by molar-refractivity contribution is -0.0374. The minimum atomic E-state index is -0.821. The van der Waals surface area contributed by atoms with E-state index in [2.05, 4.69) is 0 Å². The number of carbonyl (C=O) groups is 1. The van der Waals surface area contributed by atoms with Crippen molar-refractivity contribution >= 4 is 6.09 Å². The van der Waals surface area contributed by atoms with E-state index in [-0.39, 0.29) is 11.3 Å². The van der Waals surface area contributed by atoms with Crippen molar-refractivity contribution in [1.29, 1.82) is 0 Å². The highest BCUT2D eigenvalue weighted by Gasteiger charge is 2.30. The van der Waals surface area contributed by atoms with Gasteiger partial charge in [-0.2, -0.15) is 4.57 Å². The molecular formula is C20H22N2O6. The summed E-state index contributed by atoms with van der Waals surface area (Å²) in [5.41, 5.74) is -0.102. The fourth-order valence-electron chi connectivity index (χ4n) is 3.82. The Morgan fingerprint density at radius 3 is 2.50 bits per heavy atom. The number of methoxy groups -OCH3 is 1. The second kappa shape index (κ2) is 7.63. The molecule has 2 aliphatic rings. The van der Waals surface area contributed by atoms with Crippen molar-refractivity contribution in [2.24, 2.45) is 0 Å². The zero-order valence-corrected chi connectivity index (χ0v) is 15.7. The summed E-state index contributed by atoms with van der Waals surface area (Å²) in [6.07, 6.45) is 2.61. The van der Waals surface area contributed by atoms with Crippen LogP contribution in [0, 0.1) is 0 Å². The molecule has 8 nitrogen and oxygen atoms in total. The monoisotopic (exact) mass is 386 g/mol. The molecule has 2 aromatic rings. The summed E-state index contributed by atoms with van der Waals surface area (Å²) in [5, 5.41) is 0. The van der Waals surface area contributed by atoms with E-state index in [1.165, 1.54) is 0 Å². The van der Waals surface area contributed by atoms with Crippen molar-refractivity contribution in [2.45, 2.75) is 44.8 Å². The minimum Gasteiger partial charge on any atom is -0.497 e. The Morgan fingerprint density at radius 1 is 1.07 bits per heavy atom. The molecule has 28 heavy (non-hydrogen) atoms. The number of benzene rings is 1. The van der Waals surface area contributed by atoms with Gasteiger partial charge in [-0.15, -0.1) is 0 Å². The summed E-state index contributed by atoms with van der Waals surface area (Å²) >= 11 is 0. The van der Waals surface area contributed by atoms with Crippen LogP contribution < -0.4 is 20.7 Å². The zero-order valence-electron chi connectivity index (χ0n) is 15.7. The van der Waals surface area contributed by atoms with Crippen molar-refractivity contribution in [3.05, 3.63) is 56.4 Å². The van der Waals surface area contributed by atoms with E-state index in [9.17, 15) is 14.4 Å². The van der Waals surface area contributed by atoms with Crippen LogP contribution in [0.4, 0.5) is 4.79 Å². The SMILES string of the molecule is COc1ccc(OC(=O)n2c3c(c(=O)n(C4CCCCO4)c2=O)CCC3)cc1. The van der Waals surface area contributed by atoms with E-state index in [1.807, 2.05) is 0 Å². The first-order chi connectivity index (χ1) is 13.6. The molecule has 0 N–H and O–H groups in total. The second-order valence-corrected chi connectivity index (χ2v) is 6.94. The molecule has 0 spiro atoms. The molecule has 1 aromatic carbocycles. The van der Waals surface area contributed by atoms with E-state index in [4.69, 9.17) is 14.2 Å². The Bertz CT molecular complexity index is 999. The number of fused-ring (bicyclic) bond motifs is 1. The van der Waals surface area contributed by atoms with Crippen LogP contribution in [0.5, 0.6) is 11.5 Å². The average molecular weight is 386 g/mol. The van der Waals surface area contributed by atoms with Crippen molar-refractivity contribution in [1.82, 2.24) is 9.13 Å². The van der Waals surface area contributed by atoms with Gasteiger partial charge >= 0.3 is 11.8 Å². The smallest absolute Gasteiger partial charge is 0.427 e. The molecule has 1 aliphatic carbocycles. The highest BCUT2D eigenvalue weighted by molar-refractivity contribution is 5.74. The maximum Gasteiger partial charge on any atom is 0.427 e. The minimum absolute atomic E-state index is 0.288. The first-order valence-electron chi connectivity index (χ1n) is 9.47. The lowest BCUT2D eigenvalue weighted by Gasteiger charge is -2.25. The highest BCUT2D eigenvalue weighted by Crippen LogP contribution is 2.23. The molecule has 1 unspecified atom stereocenters. The third-order valence-corrected chi connectivity index (χ3v) is 5.22. The molecule has 0 radical (unpaired) electrons. The zero-order chi connectivity index (χ0) is 19.7. The first-order valence-corrected chi connectivity index (χ1v) is 9.47. The maximum atomic E-state index is 13.1. The van der Waals surface area contributed by atoms with E-state index in [0.717, 1.165) is 28.4 Å². The maximum absolute atomic E-state index is 13.1. The fourth-order valence-corrected chi connectivity index (χ4v) is 3.82. The van der Waals surface area contributed by atoms with E-state index < -0.39 is 18.0 Å². The Labute approximate surface area is 161 Å². The van der Waals surface area contributed by atoms with E-state index >= 15 is 0 Å². The summed E-state index contributed by atoms with van der Waals surface area (Å²) in [5.74, 6) is 0.914. The lowest BCUT2D eigenvalue weighted by Crippen LogP contribution is -2.48. The Kier molecular flexibility index (Phi) is 5.04. The molecule has 1 saturated heterocycles. The molecule has 0 saturated carbocycles. The predicted molar refractivity (Wildman–Crippen MR) is 100 cm³/mol. The number of carbonyl (C=O) groups excluding carboxylic acids is 1. The normalized spacial score (nSPS) is 18.5. The summed E-state index contributed by atoms with van der Waals surface area (Å²) in [4.78, 5) is 38.8. The van der Waals surface area contributed by atoms with Gasteiger partial charge in [0.1, 0.15) is 17.7 Å². The van der Waals surface area contributed by atoms with Crippen LogP contribution in [0.2, 0.25) is 0 Å². The topological polar surface area (TPSA) is 88.8 Å². The van der Waals surface area contributed by atoms with Crippen LogP contribution in [-0.4, -0.2) is 28.9 Å². The third-order valence-electron chi connectivity index (χ3n) is 5.22.